The third-order valence-electron chi connectivity index (χ3n) is 5.79. The van der Waals surface area contributed by atoms with E-state index in [2.05, 4.69) is 0 Å². The minimum atomic E-state index is -0.681. The molecule has 0 saturated heterocycles. The summed E-state index contributed by atoms with van der Waals surface area (Å²) in [7, 11) is 0. The average molecular weight is 454 g/mol. The summed E-state index contributed by atoms with van der Waals surface area (Å²) in [6, 6.07) is 25.9. The zero-order chi connectivity index (χ0) is 23.9. The van der Waals surface area contributed by atoms with Gasteiger partial charge in [-0.3, -0.25) is 9.59 Å². The van der Waals surface area contributed by atoms with Crippen molar-refractivity contribution in [3.63, 3.8) is 0 Å². The Labute approximate surface area is 199 Å². The Bertz CT molecular complexity index is 1200. The van der Waals surface area contributed by atoms with Crippen molar-refractivity contribution in [1.29, 1.82) is 0 Å². The summed E-state index contributed by atoms with van der Waals surface area (Å²) in [4.78, 5) is 27.9. The van der Waals surface area contributed by atoms with Gasteiger partial charge in [-0.05, 0) is 48.2 Å². The Morgan fingerprint density at radius 2 is 1.62 bits per heavy atom. The maximum absolute atomic E-state index is 13.2. The van der Waals surface area contributed by atoms with Gasteiger partial charge in [0.1, 0.15) is 5.75 Å². The molecule has 0 aromatic heterocycles. The van der Waals surface area contributed by atoms with E-state index < -0.39 is 23.5 Å². The van der Waals surface area contributed by atoms with Crippen molar-refractivity contribution in [1.82, 2.24) is 4.90 Å². The van der Waals surface area contributed by atoms with E-state index in [0.29, 0.717) is 25.3 Å². The number of hydrogen-bond acceptors (Lipinski definition) is 4. The van der Waals surface area contributed by atoms with Crippen LogP contribution in [0, 0.1) is 0 Å². The van der Waals surface area contributed by atoms with Crippen molar-refractivity contribution in [2.24, 2.45) is 0 Å². The van der Waals surface area contributed by atoms with Gasteiger partial charge in [-0.15, -0.1) is 0 Å². The molecule has 3 aromatic carbocycles. The first-order valence-corrected chi connectivity index (χ1v) is 11.4. The molecule has 1 N–H and O–H groups in total. The number of carbonyl (C=O) groups is 2. The molecule has 1 aliphatic rings. The fourth-order valence-electron chi connectivity index (χ4n) is 4.12. The molecular formula is C29H27NO4. The van der Waals surface area contributed by atoms with Crippen LogP contribution < -0.4 is 4.74 Å². The molecule has 4 rings (SSSR count). The third kappa shape index (κ3) is 5.09. The van der Waals surface area contributed by atoms with Crippen LogP contribution in [-0.2, 0) is 16.0 Å². The van der Waals surface area contributed by atoms with E-state index in [0.717, 1.165) is 16.7 Å². The third-order valence-corrected chi connectivity index (χ3v) is 5.79. The van der Waals surface area contributed by atoms with E-state index >= 15 is 0 Å². The van der Waals surface area contributed by atoms with E-state index in [1.807, 2.05) is 91.9 Å². The lowest BCUT2D eigenvalue weighted by Gasteiger charge is -2.27. The molecular weight excluding hydrogens is 426 g/mol. The number of rotatable bonds is 9. The Kier molecular flexibility index (Phi) is 7.23. The minimum Gasteiger partial charge on any atom is -0.503 e. The predicted molar refractivity (Wildman–Crippen MR) is 132 cm³/mol. The molecule has 0 aliphatic carbocycles. The molecule has 1 atom stereocenters. The van der Waals surface area contributed by atoms with Crippen LogP contribution in [0.4, 0.5) is 0 Å². The van der Waals surface area contributed by atoms with Crippen molar-refractivity contribution in [3.8, 4) is 5.75 Å². The van der Waals surface area contributed by atoms with Gasteiger partial charge >= 0.3 is 0 Å². The number of ketones is 1. The first kappa shape index (κ1) is 23.1. The minimum absolute atomic E-state index is 0.0920. The van der Waals surface area contributed by atoms with Gasteiger partial charge in [-0.1, -0.05) is 78.9 Å². The van der Waals surface area contributed by atoms with Crippen molar-refractivity contribution in [3.05, 3.63) is 119 Å². The Balaban J connectivity index is 1.66. The summed E-state index contributed by atoms with van der Waals surface area (Å²) in [6.45, 7) is 2.81. The number of amides is 1. The monoisotopic (exact) mass is 453 g/mol. The fraction of sp³-hybridized carbons (Fsp3) is 0.172. The van der Waals surface area contributed by atoms with Gasteiger partial charge in [-0.25, -0.2) is 0 Å². The van der Waals surface area contributed by atoms with Gasteiger partial charge in [0.2, 0.25) is 0 Å². The molecule has 3 aromatic rings. The fourth-order valence-corrected chi connectivity index (χ4v) is 4.12. The van der Waals surface area contributed by atoms with E-state index in [1.165, 1.54) is 6.08 Å². The van der Waals surface area contributed by atoms with Crippen molar-refractivity contribution < 1.29 is 19.4 Å². The summed E-state index contributed by atoms with van der Waals surface area (Å²) >= 11 is 0. The van der Waals surface area contributed by atoms with Gasteiger partial charge in [0.05, 0.1) is 18.2 Å². The molecule has 0 bridgehead atoms. The smallest absolute Gasteiger partial charge is 0.290 e. The summed E-state index contributed by atoms with van der Waals surface area (Å²) in [6.07, 6.45) is 3.71. The molecule has 5 heteroatoms. The van der Waals surface area contributed by atoms with Crippen LogP contribution in [0.1, 0.15) is 29.7 Å². The van der Waals surface area contributed by atoms with Crippen LogP contribution in [-0.4, -0.2) is 34.8 Å². The van der Waals surface area contributed by atoms with Crippen LogP contribution in [0.15, 0.2) is 102 Å². The van der Waals surface area contributed by atoms with E-state index in [1.54, 1.807) is 11.0 Å². The second-order valence-electron chi connectivity index (χ2n) is 8.01. The summed E-state index contributed by atoms with van der Waals surface area (Å²) < 4.78 is 5.54. The number of carbonyl (C=O) groups excluding carboxylic acids is 2. The van der Waals surface area contributed by atoms with Crippen LogP contribution >= 0.6 is 0 Å². The zero-order valence-electron chi connectivity index (χ0n) is 19.1. The molecule has 0 fully saturated rings. The molecule has 0 spiro atoms. The van der Waals surface area contributed by atoms with E-state index in [9.17, 15) is 14.7 Å². The molecule has 172 valence electrons. The molecule has 1 amide bonds. The van der Waals surface area contributed by atoms with Gasteiger partial charge in [0.25, 0.3) is 5.91 Å². The van der Waals surface area contributed by atoms with E-state index in [4.69, 9.17) is 4.74 Å². The van der Waals surface area contributed by atoms with Crippen LogP contribution in [0.3, 0.4) is 0 Å². The predicted octanol–water partition coefficient (Wildman–Crippen LogP) is 5.31. The zero-order valence-corrected chi connectivity index (χ0v) is 19.1. The standard InChI is InChI=1S/C29H27NO4/c1-2-34-24-16-14-23(15-17-24)27-26(25(31)18-13-21-9-5-3-6-10-21)28(32)29(33)30(27)20-19-22-11-7-4-8-12-22/h3-18,27,32H,2,19-20H2,1H3. The highest BCUT2D eigenvalue weighted by molar-refractivity contribution is 6.14. The number of allylic oxidation sites excluding steroid dienone is 1. The van der Waals surface area contributed by atoms with Crippen LogP contribution in [0.5, 0.6) is 5.75 Å². The molecule has 0 saturated carbocycles. The summed E-state index contributed by atoms with van der Waals surface area (Å²) in [5.41, 5.74) is 2.77. The maximum Gasteiger partial charge on any atom is 0.290 e. The molecule has 0 radical (unpaired) electrons. The van der Waals surface area contributed by atoms with Crippen molar-refractivity contribution >= 4 is 17.8 Å². The Hall–Kier alpha value is -4.12. The van der Waals surface area contributed by atoms with Gasteiger partial charge < -0.3 is 14.7 Å². The number of benzene rings is 3. The van der Waals surface area contributed by atoms with Crippen molar-refractivity contribution in [2.45, 2.75) is 19.4 Å². The maximum atomic E-state index is 13.2. The second-order valence-corrected chi connectivity index (χ2v) is 8.01. The van der Waals surface area contributed by atoms with Crippen LogP contribution in [0.25, 0.3) is 6.08 Å². The van der Waals surface area contributed by atoms with Crippen molar-refractivity contribution in [2.75, 3.05) is 13.2 Å². The number of ether oxygens (including phenoxy) is 1. The SMILES string of the molecule is CCOc1ccc(C2C(C(=O)C=Cc3ccccc3)=C(O)C(=O)N2CCc2ccccc2)cc1. The second kappa shape index (κ2) is 10.7. The first-order valence-electron chi connectivity index (χ1n) is 11.4. The lowest BCUT2D eigenvalue weighted by Crippen LogP contribution is -2.33. The molecule has 1 heterocycles. The molecule has 1 aliphatic heterocycles. The Morgan fingerprint density at radius 1 is 0.971 bits per heavy atom. The van der Waals surface area contributed by atoms with Gasteiger partial charge in [0.15, 0.2) is 11.5 Å². The number of aliphatic hydroxyl groups excluding tert-OH is 1. The van der Waals surface area contributed by atoms with Gasteiger partial charge in [0, 0.05) is 6.54 Å². The lowest BCUT2D eigenvalue weighted by atomic mass is 9.95. The highest BCUT2D eigenvalue weighted by Crippen LogP contribution is 2.38. The number of nitrogens with zero attached hydrogens (tertiary/aromatic N) is 1. The topological polar surface area (TPSA) is 66.8 Å². The van der Waals surface area contributed by atoms with Gasteiger partial charge in [-0.2, -0.15) is 0 Å². The molecule has 34 heavy (non-hydrogen) atoms. The van der Waals surface area contributed by atoms with Crippen LogP contribution in [0.2, 0.25) is 0 Å². The number of hydrogen-bond donors (Lipinski definition) is 1. The number of aliphatic hydroxyl groups is 1. The molecule has 5 nitrogen and oxygen atoms in total. The highest BCUT2D eigenvalue weighted by Gasteiger charge is 2.42. The first-order chi connectivity index (χ1) is 16.6. The average Bonchev–Trinajstić information content (AvgIpc) is 3.13. The Morgan fingerprint density at radius 3 is 2.26 bits per heavy atom. The summed E-state index contributed by atoms with van der Waals surface area (Å²) in [5.74, 6) is -0.715. The largest absolute Gasteiger partial charge is 0.503 e. The molecule has 1 unspecified atom stereocenters. The van der Waals surface area contributed by atoms with E-state index in [-0.39, 0.29) is 5.57 Å². The lowest BCUT2D eigenvalue weighted by molar-refractivity contribution is -0.129. The summed E-state index contributed by atoms with van der Waals surface area (Å²) in [5, 5.41) is 10.8. The quantitative estimate of drug-likeness (QED) is 0.446. The normalized spacial score (nSPS) is 15.9. The highest BCUT2D eigenvalue weighted by atomic mass is 16.5.